The maximum Gasteiger partial charge on any atom is 0.230 e. The summed E-state index contributed by atoms with van der Waals surface area (Å²) in [5, 5.41) is 5.97. The summed E-state index contributed by atoms with van der Waals surface area (Å²) in [6, 6.07) is 18.2. The van der Waals surface area contributed by atoms with Crippen molar-refractivity contribution in [2.45, 2.75) is 32.2 Å². The molecule has 32 heavy (non-hydrogen) atoms. The largest absolute Gasteiger partial charge is 0.369 e. The second kappa shape index (κ2) is 10.5. The highest BCUT2D eigenvalue weighted by Gasteiger charge is 2.23. The molecular formula is C25H28N4O2S. The molecule has 0 radical (unpaired) electrons. The van der Waals surface area contributed by atoms with E-state index in [0.717, 1.165) is 60.8 Å². The van der Waals surface area contributed by atoms with Gasteiger partial charge in [-0.1, -0.05) is 42.5 Å². The standard InChI is InChI=1S/C25H28N4O2S/c26-25(31)20-9-11-29(12-10-20)16-19-7-4-8-21(13-19)27-23(30)15-22-17-32-24(28-22)14-18-5-2-1-3-6-18/h1-8,13,17,20H,9-12,14-16H2,(H2,26,31)(H,27,30). The summed E-state index contributed by atoms with van der Waals surface area (Å²) in [5.74, 6) is -0.265. The molecule has 6 nitrogen and oxygen atoms in total. The molecule has 0 saturated carbocycles. The van der Waals surface area contributed by atoms with E-state index in [4.69, 9.17) is 5.73 Å². The number of thiazole rings is 1. The summed E-state index contributed by atoms with van der Waals surface area (Å²) in [4.78, 5) is 30.8. The molecule has 0 atom stereocenters. The van der Waals surface area contributed by atoms with Crippen molar-refractivity contribution in [1.29, 1.82) is 0 Å². The molecule has 3 N–H and O–H groups in total. The van der Waals surface area contributed by atoms with Crippen LogP contribution in [0.2, 0.25) is 0 Å². The lowest BCUT2D eigenvalue weighted by molar-refractivity contribution is -0.123. The lowest BCUT2D eigenvalue weighted by atomic mass is 9.96. The number of carbonyl (C=O) groups is 2. The van der Waals surface area contributed by atoms with E-state index in [9.17, 15) is 9.59 Å². The Morgan fingerprint density at radius 3 is 2.56 bits per heavy atom. The van der Waals surface area contributed by atoms with Gasteiger partial charge in [0.2, 0.25) is 11.8 Å². The van der Waals surface area contributed by atoms with Crippen LogP contribution in [0.5, 0.6) is 0 Å². The number of anilines is 1. The van der Waals surface area contributed by atoms with E-state index in [-0.39, 0.29) is 24.2 Å². The lowest BCUT2D eigenvalue weighted by Gasteiger charge is -2.30. The Morgan fingerprint density at radius 2 is 1.81 bits per heavy atom. The Kier molecular flexibility index (Phi) is 7.29. The topological polar surface area (TPSA) is 88.3 Å². The van der Waals surface area contributed by atoms with Gasteiger partial charge in [0.25, 0.3) is 0 Å². The van der Waals surface area contributed by atoms with E-state index in [1.807, 2.05) is 41.8 Å². The SMILES string of the molecule is NC(=O)C1CCN(Cc2cccc(NC(=O)Cc3csc(Cc4ccccc4)n3)c2)CC1. The first kappa shape index (κ1) is 22.2. The van der Waals surface area contributed by atoms with E-state index in [1.54, 1.807) is 11.3 Å². The smallest absolute Gasteiger partial charge is 0.230 e. The second-order valence-electron chi connectivity index (χ2n) is 8.27. The van der Waals surface area contributed by atoms with Crippen LogP contribution >= 0.6 is 11.3 Å². The monoisotopic (exact) mass is 448 g/mol. The summed E-state index contributed by atoms with van der Waals surface area (Å²) in [5.41, 5.74) is 9.36. The van der Waals surface area contributed by atoms with Crippen LogP contribution in [0.4, 0.5) is 5.69 Å². The number of amides is 2. The van der Waals surface area contributed by atoms with Crippen LogP contribution < -0.4 is 11.1 Å². The molecule has 7 heteroatoms. The first-order chi connectivity index (χ1) is 15.5. The average Bonchev–Trinajstić information content (AvgIpc) is 3.21. The van der Waals surface area contributed by atoms with E-state index >= 15 is 0 Å². The summed E-state index contributed by atoms with van der Waals surface area (Å²) in [6.07, 6.45) is 2.67. The summed E-state index contributed by atoms with van der Waals surface area (Å²) in [6.45, 7) is 2.52. The number of hydrogen-bond donors (Lipinski definition) is 2. The van der Waals surface area contributed by atoms with Crippen molar-refractivity contribution < 1.29 is 9.59 Å². The van der Waals surface area contributed by atoms with Gasteiger partial charge in [0, 0.05) is 30.0 Å². The summed E-state index contributed by atoms with van der Waals surface area (Å²) >= 11 is 1.59. The molecule has 1 aromatic heterocycles. The van der Waals surface area contributed by atoms with Crippen LogP contribution in [0.1, 0.15) is 34.7 Å². The highest BCUT2D eigenvalue weighted by Crippen LogP contribution is 2.20. The zero-order valence-electron chi connectivity index (χ0n) is 18.0. The predicted molar refractivity (Wildman–Crippen MR) is 127 cm³/mol. The first-order valence-electron chi connectivity index (χ1n) is 10.9. The number of nitrogens with zero attached hydrogens (tertiary/aromatic N) is 2. The van der Waals surface area contributed by atoms with Crippen molar-refractivity contribution in [2.75, 3.05) is 18.4 Å². The molecule has 1 fully saturated rings. The molecule has 1 aliphatic rings. The molecule has 4 rings (SSSR count). The third kappa shape index (κ3) is 6.24. The Bertz CT molecular complexity index is 1060. The van der Waals surface area contributed by atoms with E-state index < -0.39 is 0 Å². The quantitative estimate of drug-likeness (QED) is 0.551. The Balaban J connectivity index is 1.28. The second-order valence-corrected chi connectivity index (χ2v) is 9.22. The number of nitrogens with two attached hydrogens (primary N) is 1. The maximum atomic E-state index is 12.6. The highest BCUT2D eigenvalue weighted by atomic mass is 32.1. The fourth-order valence-electron chi connectivity index (χ4n) is 4.03. The van der Waals surface area contributed by atoms with Crippen molar-refractivity contribution >= 4 is 28.8 Å². The van der Waals surface area contributed by atoms with Crippen LogP contribution in [-0.4, -0.2) is 34.8 Å². The minimum absolute atomic E-state index is 0.00389. The molecule has 1 aliphatic heterocycles. The number of rotatable bonds is 8. The molecule has 0 unspecified atom stereocenters. The fourth-order valence-corrected chi connectivity index (χ4v) is 4.86. The zero-order valence-corrected chi connectivity index (χ0v) is 18.8. The summed E-state index contributed by atoms with van der Waals surface area (Å²) < 4.78 is 0. The van der Waals surface area contributed by atoms with Crippen molar-refractivity contribution in [3.05, 3.63) is 81.8 Å². The number of piperidine rings is 1. The predicted octanol–water partition coefficient (Wildman–Crippen LogP) is 3.61. The minimum atomic E-state index is -0.193. The van der Waals surface area contributed by atoms with E-state index in [1.165, 1.54) is 5.56 Å². The molecular weight excluding hydrogens is 420 g/mol. The van der Waals surface area contributed by atoms with Gasteiger partial charge >= 0.3 is 0 Å². The van der Waals surface area contributed by atoms with Crippen LogP contribution in [0.15, 0.2) is 60.0 Å². The van der Waals surface area contributed by atoms with E-state index in [2.05, 4.69) is 33.4 Å². The van der Waals surface area contributed by atoms with Gasteiger partial charge in [-0.15, -0.1) is 11.3 Å². The fraction of sp³-hybridized carbons (Fsp3) is 0.320. The van der Waals surface area contributed by atoms with Gasteiger partial charge in [0.1, 0.15) is 0 Å². The highest BCUT2D eigenvalue weighted by molar-refractivity contribution is 7.09. The Labute approximate surface area is 192 Å². The third-order valence-electron chi connectivity index (χ3n) is 5.75. The van der Waals surface area contributed by atoms with Crippen LogP contribution in [0.3, 0.4) is 0 Å². The van der Waals surface area contributed by atoms with Crippen LogP contribution in [0.25, 0.3) is 0 Å². The minimum Gasteiger partial charge on any atom is -0.369 e. The zero-order chi connectivity index (χ0) is 22.3. The van der Waals surface area contributed by atoms with Gasteiger partial charge in [-0.25, -0.2) is 4.98 Å². The van der Waals surface area contributed by atoms with Gasteiger partial charge in [0.05, 0.1) is 17.1 Å². The molecule has 3 aromatic rings. The maximum absolute atomic E-state index is 12.6. The number of nitrogens with one attached hydrogen (secondary N) is 1. The van der Waals surface area contributed by atoms with E-state index in [0.29, 0.717) is 0 Å². The molecule has 2 aromatic carbocycles. The lowest BCUT2D eigenvalue weighted by Crippen LogP contribution is -2.38. The van der Waals surface area contributed by atoms with Crippen LogP contribution in [0, 0.1) is 5.92 Å². The van der Waals surface area contributed by atoms with Gasteiger partial charge in [-0.05, 0) is 49.2 Å². The van der Waals surface area contributed by atoms with Crippen molar-refractivity contribution in [1.82, 2.24) is 9.88 Å². The Morgan fingerprint density at radius 1 is 1.06 bits per heavy atom. The molecule has 0 bridgehead atoms. The van der Waals surface area contributed by atoms with Gasteiger partial charge in [0.15, 0.2) is 0 Å². The first-order valence-corrected chi connectivity index (χ1v) is 11.8. The van der Waals surface area contributed by atoms with Gasteiger partial charge in [-0.3, -0.25) is 14.5 Å². The molecule has 166 valence electrons. The van der Waals surface area contributed by atoms with Crippen LogP contribution in [-0.2, 0) is 29.0 Å². The van der Waals surface area contributed by atoms with Gasteiger partial charge in [-0.2, -0.15) is 0 Å². The number of carbonyl (C=O) groups excluding carboxylic acids is 2. The molecule has 2 heterocycles. The number of hydrogen-bond acceptors (Lipinski definition) is 5. The molecule has 1 saturated heterocycles. The molecule has 2 amide bonds. The van der Waals surface area contributed by atoms with Gasteiger partial charge < -0.3 is 11.1 Å². The number of benzene rings is 2. The van der Waals surface area contributed by atoms with Crippen molar-refractivity contribution in [2.24, 2.45) is 11.7 Å². The third-order valence-corrected chi connectivity index (χ3v) is 6.64. The summed E-state index contributed by atoms with van der Waals surface area (Å²) in [7, 11) is 0. The normalized spacial score (nSPS) is 14.9. The average molecular weight is 449 g/mol. The molecule has 0 aliphatic carbocycles. The number of aromatic nitrogens is 1. The van der Waals surface area contributed by atoms with Crippen molar-refractivity contribution in [3.8, 4) is 0 Å². The number of primary amides is 1. The van der Waals surface area contributed by atoms with Crippen molar-refractivity contribution in [3.63, 3.8) is 0 Å². The molecule has 0 spiro atoms. The Hall–Kier alpha value is -3.03. The number of likely N-dealkylation sites (tertiary alicyclic amines) is 1.